The Balaban J connectivity index is 1.83. The zero-order valence-electron chi connectivity index (χ0n) is 15.1. The first-order valence-corrected chi connectivity index (χ1v) is 10.9. The zero-order valence-corrected chi connectivity index (χ0v) is 16.6. The molecular formula is C20H25ClN2O2S. The zero-order chi connectivity index (χ0) is 18.7. The second kappa shape index (κ2) is 8.09. The van der Waals surface area contributed by atoms with Crippen LogP contribution >= 0.6 is 11.6 Å². The molecule has 0 spiro atoms. The molecule has 3 rings (SSSR count). The van der Waals surface area contributed by atoms with E-state index in [4.69, 9.17) is 11.6 Å². The van der Waals surface area contributed by atoms with Crippen LogP contribution in [0.15, 0.2) is 48.5 Å². The molecule has 26 heavy (non-hydrogen) atoms. The highest BCUT2D eigenvalue weighted by atomic mass is 35.5. The van der Waals surface area contributed by atoms with E-state index in [1.165, 1.54) is 0 Å². The molecule has 0 unspecified atom stereocenters. The fraction of sp³-hybridized carbons (Fsp3) is 0.400. The van der Waals surface area contributed by atoms with E-state index in [1.807, 2.05) is 24.3 Å². The predicted octanol–water partition coefficient (Wildman–Crippen LogP) is 3.78. The predicted molar refractivity (Wildman–Crippen MR) is 108 cm³/mol. The van der Waals surface area contributed by atoms with E-state index >= 15 is 0 Å². The van der Waals surface area contributed by atoms with Gasteiger partial charge in [-0.15, -0.1) is 0 Å². The summed E-state index contributed by atoms with van der Waals surface area (Å²) in [5.41, 5.74) is 3.19. The van der Waals surface area contributed by atoms with Gasteiger partial charge in [-0.1, -0.05) is 54.1 Å². The molecule has 1 saturated heterocycles. The quantitative estimate of drug-likeness (QED) is 0.814. The summed E-state index contributed by atoms with van der Waals surface area (Å²) in [6, 6.07) is 15.9. The number of hydrogen-bond acceptors (Lipinski definition) is 3. The molecular weight excluding hydrogens is 368 g/mol. The van der Waals surface area contributed by atoms with E-state index < -0.39 is 15.3 Å². The number of sulfonamides is 1. The summed E-state index contributed by atoms with van der Waals surface area (Å²) in [5.74, 6) is 0.109. The molecule has 0 radical (unpaired) electrons. The Morgan fingerprint density at radius 2 is 1.81 bits per heavy atom. The number of rotatable bonds is 5. The van der Waals surface area contributed by atoms with Crippen molar-refractivity contribution in [3.05, 3.63) is 59.1 Å². The van der Waals surface area contributed by atoms with Gasteiger partial charge in [-0.3, -0.25) is 0 Å². The van der Waals surface area contributed by atoms with Gasteiger partial charge in [-0.05, 0) is 44.0 Å². The van der Waals surface area contributed by atoms with Crippen LogP contribution in [0.5, 0.6) is 0 Å². The maximum Gasteiger partial charge on any atom is 0.214 e. The Bertz CT molecular complexity index is 850. The Morgan fingerprint density at radius 3 is 2.46 bits per heavy atom. The molecule has 0 aromatic heterocycles. The van der Waals surface area contributed by atoms with Gasteiger partial charge in [0.2, 0.25) is 10.0 Å². The van der Waals surface area contributed by atoms with Gasteiger partial charge in [0.1, 0.15) is 0 Å². The maximum absolute atomic E-state index is 12.3. The molecule has 1 heterocycles. The first-order chi connectivity index (χ1) is 12.4. The highest BCUT2D eigenvalue weighted by Crippen LogP contribution is 2.30. The third-order valence-corrected chi connectivity index (χ3v) is 7.14. The van der Waals surface area contributed by atoms with Crippen LogP contribution in [0.2, 0.25) is 5.02 Å². The fourth-order valence-electron chi connectivity index (χ4n) is 3.30. The van der Waals surface area contributed by atoms with Gasteiger partial charge in [0.25, 0.3) is 0 Å². The van der Waals surface area contributed by atoms with E-state index in [2.05, 4.69) is 34.3 Å². The fourth-order valence-corrected chi connectivity index (χ4v) is 4.52. The van der Waals surface area contributed by atoms with Gasteiger partial charge in [-0.2, -0.15) is 0 Å². The lowest BCUT2D eigenvalue weighted by Gasteiger charge is -2.33. The number of hydrogen-bond donors (Lipinski definition) is 2. The molecule has 0 amide bonds. The molecule has 1 fully saturated rings. The van der Waals surface area contributed by atoms with Crippen LogP contribution in [-0.2, 0) is 10.0 Å². The molecule has 2 N–H and O–H groups in total. The summed E-state index contributed by atoms with van der Waals surface area (Å²) >= 11 is 6.29. The summed E-state index contributed by atoms with van der Waals surface area (Å²) in [7, 11) is -3.29. The average molecular weight is 393 g/mol. The minimum Gasteiger partial charge on any atom is -0.316 e. The Kier molecular flexibility index (Phi) is 6.03. The molecule has 1 aliphatic heterocycles. The lowest BCUT2D eigenvalue weighted by atomic mass is 9.87. The van der Waals surface area contributed by atoms with Crippen molar-refractivity contribution in [2.75, 3.05) is 13.1 Å². The molecule has 1 aliphatic rings. The van der Waals surface area contributed by atoms with Gasteiger partial charge in [-0.25, -0.2) is 13.1 Å². The first-order valence-electron chi connectivity index (χ1n) is 8.95. The van der Waals surface area contributed by atoms with Gasteiger partial charge in [0.05, 0.1) is 5.25 Å². The second-order valence-electron chi connectivity index (χ2n) is 7.02. The Morgan fingerprint density at radius 1 is 1.12 bits per heavy atom. The number of benzene rings is 2. The maximum atomic E-state index is 12.3. The molecule has 6 heteroatoms. The van der Waals surface area contributed by atoms with Gasteiger partial charge < -0.3 is 5.32 Å². The van der Waals surface area contributed by atoms with Crippen LogP contribution in [0, 0.1) is 0 Å². The van der Waals surface area contributed by atoms with Crippen LogP contribution in [0.1, 0.15) is 31.7 Å². The lowest BCUT2D eigenvalue weighted by Crippen LogP contribution is -2.49. The average Bonchev–Trinajstić information content (AvgIpc) is 2.62. The minimum atomic E-state index is -3.29. The third-order valence-electron chi connectivity index (χ3n) is 4.94. The molecule has 0 aliphatic carbocycles. The number of piperidine rings is 1. The van der Waals surface area contributed by atoms with Crippen molar-refractivity contribution in [2.24, 2.45) is 0 Å². The minimum absolute atomic E-state index is 0.0881. The highest BCUT2D eigenvalue weighted by molar-refractivity contribution is 7.90. The molecule has 0 saturated carbocycles. The summed E-state index contributed by atoms with van der Waals surface area (Å²) in [6.07, 6.45) is 0.781. The van der Waals surface area contributed by atoms with Gasteiger partial charge >= 0.3 is 0 Å². The number of nitrogens with one attached hydrogen (secondary N) is 2. The molecule has 2 aromatic carbocycles. The van der Waals surface area contributed by atoms with Crippen molar-refractivity contribution >= 4 is 21.6 Å². The van der Waals surface area contributed by atoms with Crippen LogP contribution in [0.25, 0.3) is 11.1 Å². The first kappa shape index (κ1) is 19.4. The Hall–Kier alpha value is -1.40. The van der Waals surface area contributed by atoms with E-state index in [-0.39, 0.29) is 12.0 Å². The van der Waals surface area contributed by atoms with Crippen molar-refractivity contribution in [3.8, 4) is 11.1 Å². The van der Waals surface area contributed by atoms with Crippen molar-refractivity contribution in [1.82, 2.24) is 10.0 Å². The van der Waals surface area contributed by atoms with E-state index in [0.29, 0.717) is 0 Å². The van der Waals surface area contributed by atoms with E-state index in [1.54, 1.807) is 13.8 Å². The third kappa shape index (κ3) is 4.29. The summed E-state index contributed by atoms with van der Waals surface area (Å²) < 4.78 is 27.5. The van der Waals surface area contributed by atoms with Crippen LogP contribution in [0.4, 0.5) is 0 Å². The summed E-state index contributed by atoms with van der Waals surface area (Å²) in [4.78, 5) is 0. The normalized spacial score (nSPS) is 21.1. The molecule has 2 aromatic rings. The Labute approximate surface area is 161 Å². The molecule has 0 bridgehead atoms. The lowest BCUT2D eigenvalue weighted by molar-refractivity contribution is 0.377. The van der Waals surface area contributed by atoms with Crippen molar-refractivity contribution < 1.29 is 8.42 Å². The second-order valence-corrected chi connectivity index (χ2v) is 9.69. The van der Waals surface area contributed by atoms with Crippen molar-refractivity contribution in [2.45, 2.75) is 37.5 Å². The van der Waals surface area contributed by atoms with E-state index in [9.17, 15) is 8.42 Å². The van der Waals surface area contributed by atoms with Crippen LogP contribution in [0.3, 0.4) is 0 Å². The smallest absolute Gasteiger partial charge is 0.214 e. The van der Waals surface area contributed by atoms with Crippen LogP contribution < -0.4 is 10.0 Å². The highest BCUT2D eigenvalue weighted by Gasteiger charge is 2.30. The molecule has 4 nitrogen and oxygen atoms in total. The van der Waals surface area contributed by atoms with Crippen molar-refractivity contribution in [1.29, 1.82) is 0 Å². The summed E-state index contributed by atoms with van der Waals surface area (Å²) in [6.45, 7) is 4.99. The largest absolute Gasteiger partial charge is 0.316 e. The standard InChI is InChI=1S/C20H25ClN2O2S/c1-14(2)26(24,25)23-20-11-12-22-13-18(20)16-9-7-15(8-10-16)17-5-3-4-6-19(17)21/h3-10,14,18,20,22-23H,11-13H2,1-2H3/t18-,20+/m0/s1. The van der Waals surface area contributed by atoms with Gasteiger partial charge in [0.15, 0.2) is 0 Å². The summed E-state index contributed by atoms with van der Waals surface area (Å²) in [5, 5.41) is 3.67. The monoisotopic (exact) mass is 392 g/mol. The molecule has 2 atom stereocenters. The van der Waals surface area contributed by atoms with E-state index in [0.717, 1.165) is 41.2 Å². The van der Waals surface area contributed by atoms with Gasteiger partial charge in [0, 0.05) is 29.1 Å². The van der Waals surface area contributed by atoms with Crippen LogP contribution in [-0.4, -0.2) is 32.8 Å². The topological polar surface area (TPSA) is 58.2 Å². The number of halogens is 1. The molecule has 140 valence electrons. The SMILES string of the molecule is CC(C)S(=O)(=O)N[C@@H]1CCNC[C@H]1c1ccc(-c2ccccc2Cl)cc1. The van der Waals surface area contributed by atoms with Crippen molar-refractivity contribution in [3.63, 3.8) is 0 Å².